The van der Waals surface area contributed by atoms with Crippen LogP contribution in [0.1, 0.15) is 37.9 Å². The Morgan fingerprint density at radius 3 is 2.67 bits per heavy atom. The number of hydrogen-bond acceptors (Lipinski definition) is 5. The highest BCUT2D eigenvalue weighted by molar-refractivity contribution is 5.25. The molecule has 1 fully saturated rings. The smallest absolute Gasteiger partial charge is 0.321 e. The van der Waals surface area contributed by atoms with Gasteiger partial charge in [0.05, 0.1) is 12.1 Å². The molecule has 84 valence electrons. The monoisotopic (exact) mass is 211 g/mol. The lowest BCUT2D eigenvalue weighted by Gasteiger charge is -2.35. The fourth-order valence-corrected chi connectivity index (χ4v) is 2.13. The van der Waals surface area contributed by atoms with E-state index >= 15 is 0 Å². The van der Waals surface area contributed by atoms with E-state index in [9.17, 15) is 5.11 Å². The van der Waals surface area contributed by atoms with E-state index in [4.69, 9.17) is 4.52 Å². The maximum Gasteiger partial charge on any atom is 0.321 e. The Bertz CT molecular complexity index is 318. The molecule has 1 heterocycles. The molecule has 2 N–H and O–H groups in total. The maximum atomic E-state index is 9.46. The van der Waals surface area contributed by atoms with Crippen LogP contribution in [0, 0.1) is 6.92 Å². The first-order valence-corrected chi connectivity index (χ1v) is 5.43. The molecule has 1 aliphatic rings. The van der Waals surface area contributed by atoms with E-state index in [-0.39, 0.29) is 12.1 Å². The second kappa shape index (κ2) is 4.18. The van der Waals surface area contributed by atoms with Crippen LogP contribution < -0.4 is 5.32 Å². The van der Waals surface area contributed by atoms with Crippen LogP contribution in [0.2, 0.25) is 0 Å². The number of anilines is 1. The third-order valence-corrected chi connectivity index (χ3v) is 3.01. The van der Waals surface area contributed by atoms with Gasteiger partial charge in [0, 0.05) is 0 Å². The van der Waals surface area contributed by atoms with Gasteiger partial charge in [0.2, 0.25) is 0 Å². The van der Waals surface area contributed by atoms with Crippen LogP contribution in [0.4, 0.5) is 6.01 Å². The summed E-state index contributed by atoms with van der Waals surface area (Å²) in [4.78, 5) is 4.10. The highest BCUT2D eigenvalue weighted by Gasteiger charge is 2.32. The summed E-state index contributed by atoms with van der Waals surface area (Å²) < 4.78 is 5.01. The average molecular weight is 211 g/mol. The zero-order chi connectivity index (χ0) is 10.7. The Morgan fingerprint density at radius 2 is 2.13 bits per heavy atom. The van der Waals surface area contributed by atoms with Crippen molar-refractivity contribution in [3.63, 3.8) is 0 Å². The van der Waals surface area contributed by atoms with Gasteiger partial charge in [-0.1, -0.05) is 24.4 Å². The molecule has 0 unspecified atom stereocenters. The van der Waals surface area contributed by atoms with Gasteiger partial charge < -0.3 is 14.9 Å². The number of rotatable bonds is 3. The van der Waals surface area contributed by atoms with Crippen LogP contribution in [0.15, 0.2) is 4.52 Å². The van der Waals surface area contributed by atoms with E-state index < -0.39 is 0 Å². The third kappa shape index (κ3) is 2.28. The maximum absolute atomic E-state index is 9.46. The normalized spacial score (nSPS) is 20.1. The summed E-state index contributed by atoms with van der Waals surface area (Å²) in [5.74, 6) is 0.612. The summed E-state index contributed by atoms with van der Waals surface area (Å²) in [5, 5.41) is 16.3. The fraction of sp³-hybridized carbons (Fsp3) is 0.800. The number of aromatic nitrogens is 2. The molecule has 1 aliphatic carbocycles. The van der Waals surface area contributed by atoms with E-state index in [2.05, 4.69) is 15.5 Å². The van der Waals surface area contributed by atoms with Gasteiger partial charge >= 0.3 is 6.01 Å². The molecular weight excluding hydrogens is 194 g/mol. The Labute approximate surface area is 88.9 Å². The molecule has 5 nitrogen and oxygen atoms in total. The van der Waals surface area contributed by atoms with Crippen molar-refractivity contribution in [1.82, 2.24) is 10.1 Å². The Morgan fingerprint density at radius 1 is 1.40 bits per heavy atom. The van der Waals surface area contributed by atoms with Crippen LogP contribution in [0.5, 0.6) is 0 Å². The van der Waals surface area contributed by atoms with Crippen molar-refractivity contribution in [3.8, 4) is 0 Å². The van der Waals surface area contributed by atoms with E-state index in [0.717, 1.165) is 25.7 Å². The zero-order valence-corrected chi connectivity index (χ0v) is 8.99. The first-order chi connectivity index (χ1) is 7.24. The van der Waals surface area contributed by atoms with Crippen molar-refractivity contribution in [2.24, 2.45) is 0 Å². The molecule has 0 amide bonds. The minimum absolute atomic E-state index is 0.119. The molecule has 0 saturated heterocycles. The van der Waals surface area contributed by atoms with Gasteiger partial charge in [-0.25, -0.2) is 0 Å². The highest BCUT2D eigenvalue weighted by Crippen LogP contribution is 2.30. The number of aliphatic hydroxyl groups is 1. The minimum Gasteiger partial charge on any atom is -0.394 e. The summed E-state index contributed by atoms with van der Waals surface area (Å²) in [6.45, 7) is 1.90. The lowest BCUT2D eigenvalue weighted by molar-refractivity contribution is 0.169. The van der Waals surface area contributed by atoms with Gasteiger partial charge in [0.1, 0.15) is 0 Å². The standard InChI is InChI=1S/C10H17N3O2/c1-8-11-9(15-13-8)12-10(7-14)5-3-2-4-6-10/h14H,2-7H2,1H3,(H,11,12,13). The van der Waals surface area contributed by atoms with Crippen molar-refractivity contribution >= 4 is 6.01 Å². The highest BCUT2D eigenvalue weighted by atomic mass is 16.5. The van der Waals surface area contributed by atoms with Gasteiger partial charge in [0.15, 0.2) is 5.82 Å². The average Bonchev–Trinajstić information content (AvgIpc) is 2.65. The summed E-state index contributed by atoms with van der Waals surface area (Å²) >= 11 is 0. The third-order valence-electron chi connectivity index (χ3n) is 3.01. The molecule has 0 spiro atoms. The molecule has 1 aromatic rings. The van der Waals surface area contributed by atoms with Crippen molar-refractivity contribution in [1.29, 1.82) is 0 Å². The van der Waals surface area contributed by atoms with Crippen molar-refractivity contribution < 1.29 is 9.63 Å². The van der Waals surface area contributed by atoms with E-state index in [1.54, 1.807) is 6.92 Å². The molecule has 15 heavy (non-hydrogen) atoms. The topological polar surface area (TPSA) is 71.2 Å². The Kier molecular flexibility index (Phi) is 2.90. The van der Waals surface area contributed by atoms with Gasteiger partial charge in [0.25, 0.3) is 0 Å². The van der Waals surface area contributed by atoms with Gasteiger partial charge in [-0.05, 0) is 19.8 Å². The largest absolute Gasteiger partial charge is 0.394 e. The van der Waals surface area contributed by atoms with Crippen molar-refractivity contribution in [2.75, 3.05) is 11.9 Å². The predicted octanol–water partition coefficient (Wildman–Crippen LogP) is 1.49. The molecule has 1 aromatic heterocycles. The van der Waals surface area contributed by atoms with Crippen LogP contribution >= 0.6 is 0 Å². The number of aryl methyl sites for hydroxylation is 1. The van der Waals surface area contributed by atoms with Crippen LogP contribution in [0.25, 0.3) is 0 Å². The summed E-state index contributed by atoms with van der Waals surface area (Å²) in [5.41, 5.74) is -0.253. The van der Waals surface area contributed by atoms with E-state index in [1.165, 1.54) is 6.42 Å². The van der Waals surface area contributed by atoms with Crippen molar-refractivity contribution in [2.45, 2.75) is 44.6 Å². The van der Waals surface area contributed by atoms with Crippen LogP contribution in [-0.2, 0) is 0 Å². The quantitative estimate of drug-likeness (QED) is 0.792. The molecule has 0 atom stereocenters. The predicted molar refractivity (Wildman–Crippen MR) is 55.6 cm³/mol. The fourth-order valence-electron chi connectivity index (χ4n) is 2.13. The number of nitrogens with zero attached hydrogens (tertiary/aromatic N) is 2. The van der Waals surface area contributed by atoms with E-state index in [0.29, 0.717) is 11.8 Å². The van der Waals surface area contributed by atoms with Crippen molar-refractivity contribution in [3.05, 3.63) is 5.82 Å². The molecule has 5 heteroatoms. The van der Waals surface area contributed by atoms with E-state index in [1.807, 2.05) is 0 Å². The minimum atomic E-state index is -0.253. The Hall–Kier alpha value is -1.10. The van der Waals surface area contributed by atoms with Gasteiger partial charge in [-0.15, -0.1) is 0 Å². The van der Waals surface area contributed by atoms with Gasteiger partial charge in [-0.3, -0.25) is 0 Å². The van der Waals surface area contributed by atoms with Crippen LogP contribution in [-0.4, -0.2) is 27.4 Å². The summed E-state index contributed by atoms with van der Waals surface area (Å²) in [7, 11) is 0. The molecule has 0 radical (unpaired) electrons. The number of hydrogen-bond donors (Lipinski definition) is 2. The lowest BCUT2D eigenvalue weighted by Crippen LogP contribution is -2.43. The Balaban J connectivity index is 2.06. The van der Waals surface area contributed by atoms with Crippen LogP contribution in [0.3, 0.4) is 0 Å². The number of aliphatic hydroxyl groups excluding tert-OH is 1. The second-order valence-electron chi connectivity index (χ2n) is 4.27. The van der Waals surface area contributed by atoms with Gasteiger partial charge in [-0.2, -0.15) is 4.98 Å². The first kappa shape index (κ1) is 10.4. The summed E-state index contributed by atoms with van der Waals surface area (Å²) in [6.07, 6.45) is 5.45. The molecular formula is C10H17N3O2. The molecule has 2 rings (SSSR count). The number of nitrogens with one attached hydrogen (secondary N) is 1. The molecule has 0 aliphatic heterocycles. The SMILES string of the molecule is Cc1noc(NC2(CO)CCCCC2)n1. The molecule has 0 aromatic carbocycles. The molecule has 1 saturated carbocycles. The second-order valence-corrected chi connectivity index (χ2v) is 4.27. The lowest BCUT2D eigenvalue weighted by atomic mass is 9.82. The first-order valence-electron chi connectivity index (χ1n) is 5.43. The molecule has 0 bridgehead atoms. The summed E-state index contributed by atoms with van der Waals surface area (Å²) in [6, 6.07) is 0.420. The zero-order valence-electron chi connectivity index (χ0n) is 8.99.